The van der Waals surface area contributed by atoms with Crippen LogP contribution in [0.5, 0.6) is 0 Å². The van der Waals surface area contributed by atoms with Crippen LogP contribution in [0.3, 0.4) is 0 Å². The van der Waals surface area contributed by atoms with Gasteiger partial charge in [-0.1, -0.05) is 13.8 Å². The average Bonchev–Trinajstić information content (AvgIpc) is 2.40. The fourth-order valence-electron chi connectivity index (χ4n) is 1.10. The lowest BCUT2D eigenvalue weighted by Crippen LogP contribution is -2.44. The smallest absolute Gasteiger partial charge is 0.243 e. The topological polar surface area (TPSA) is 56.7 Å². The zero-order chi connectivity index (χ0) is 14.8. The second-order valence-corrected chi connectivity index (χ2v) is 6.11. The number of nitrogens with zero attached hydrogens (tertiary/aromatic N) is 2. The van der Waals surface area contributed by atoms with Crippen LogP contribution in [0.15, 0.2) is 4.99 Å². The number of rotatable bonds is 7. The van der Waals surface area contributed by atoms with E-state index in [2.05, 4.69) is 42.7 Å². The van der Waals surface area contributed by atoms with Gasteiger partial charge in [0.1, 0.15) is 6.54 Å². The van der Waals surface area contributed by atoms with Crippen molar-refractivity contribution in [3.63, 3.8) is 0 Å². The monoisotopic (exact) mass is 288 g/mol. The molecule has 1 amide bonds. The van der Waals surface area contributed by atoms with Gasteiger partial charge in [0.05, 0.1) is 0 Å². The van der Waals surface area contributed by atoms with E-state index >= 15 is 0 Å². The summed E-state index contributed by atoms with van der Waals surface area (Å²) in [6.07, 6.45) is 3.10. The Bertz CT molecular complexity index is 294. The Labute approximate surface area is 121 Å². The summed E-state index contributed by atoms with van der Waals surface area (Å²) >= 11 is 1.80. The maximum atomic E-state index is 11.6. The van der Waals surface area contributed by atoms with Crippen LogP contribution in [0.4, 0.5) is 0 Å². The molecule has 112 valence electrons. The predicted molar refractivity (Wildman–Crippen MR) is 84.9 cm³/mol. The van der Waals surface area contributed by atoms with Crippen LogP contribution in [0.2, 0.25) is 0 Å². The van der Waals surface area contributed by atoms with Gasteiger partial charge in [-0.3, -0.25) is 4.79 Å². The lowest BCUT2D eigenvalue weighted by Gasteiger charge is -2.19. The summed E-state index contributed by atoms with van der Waals surface area (Å²) in [4.78, 5) is 17.4. The molecule has 2 N–H and O–H groups in total. The standard InChI is InChI=1S/C13H28N4OS/c1-7-10(2)16-13(14-8-11(3)19-6)15-9-12(18)17(4)5/h10-11H,7-9H2,1-6H3,(H2,14,15,16). The SMILES string of the molecule is CCC(C)NC(=NCC(=O)N(C)C)NCC(C)SC. The minimum Gasteiger partial charge on any atom is -0.355 e. The van der Waals surface area contributed by atoms with Gasteiger partial charge in [-0.15, -0.1) is 0 Å². The Kier molecular flexibility index (Phi) is 9.47. The Balaban J connectivity index is 4.47. The number of carbonyl (C=O) groups is 1. The van der Waals surface area contributed by atoms with Crippen molar-refractivity contribution in [2.75, 3.05) is 33.4 Å². The normalized spacial score (nSPS) is 14.7. The summed E-state index contributed by atoms with van der Waals surface area (Å²) in [7, 11) is 3.48. The zero-order valence-electron chi connectivity index (χ0n) is 13.0. The van der Waals surface area contributed by atoms with Crippen molar-refractivity contribution >= 4 is 23.6 Å². The van der Waals surface area contributed by atoms with Gasteiger partial charge in [0.2, 0.25) is 5.91 Å². The third-order valence-corrected chi connectivity index (χ3v) is 3.80. The summed E-state index contributed by atoms with van der Waals surface area (Å²) in [5, 5.41) is 7.08. The molecule has 0 radical (unpaired) electrons. The van der Waals surface area contributed by atoms with E-state index in [-0.39, 0.29) is 12.5 Å². The maximum absolute atomic E-state index is 11.6. The predicted octanol–water partition coefficient (Wildman–Crippen LogP) is 1.16. The molecule has 0 heterocycles. The zero-order valence-corrected chi connectivity index (χ0v) is 13.8. The van der Waals surface area contributed by atoms with Crippen LogP contribution in [-0.4, -0.2) is 61.5 Å². The van der Waals surface area contributed by atoms with Crippen molar-refractivity contribution < 1.29 is 4.79 Å². The van der Waals surface area contributed by atoms with Gasteiger partial charge in [0, 0.05) is 31.9 Å². The molecule has 0 aromatic rings. The first-order valence-electron chi connectivity index (χ1n) is 6.68. The largest absolute Gasteiger partial charge is 0.355 e. The molecule has 0 saturated carbocycles. The van der Waals surface area contributed by atoms with E-state index in [1.165, 1.54) is 0 Å². The molecule has 2 atom stereocenters. The molecule has 0 aromatic carbocycles. The van der Waals surface area contributed by atoms with Crippen molar-refractivity contribution in [1.29, 1.82) is 0 Å². The molecular formula is C13H28N4OS. The first-order chi connectivity index (χ1) is 8.90. The molecule has 0 aliphatic rings. The van der Waals surface area contributed by atoms with Gasteiger partial charge in [0.15, 0.2) is 5.96 Å². The summed E-state index contributed by atoms with van der Waals surface area (Å²) in [6, 6.07) is 0.338. The minimum absolute atomic E-state index is 0.00293. The number of hydrogen-bond donors (Lipinski definition) is 2. The highest BCUT2D eigenvalue weighted by atomic mass is 32.2. The van der Waals surface area contributed by atoms with Gasteiger partial charge < -0.3 is 15.5 Å². The molecule has 0 aromatic heterocycles. The van der Waals surface area contributed by atoms with E-state index in [9.17, 15) is 4.79 Å². The van der Waals surface area contributed by atoms with Crippen LogP contribution in [0.25, 0.3) is 0 Å². The summed E-state index contributed by atoms with van der Waals surface area (Å²) in [5.74, 6) is 0.716. The number of nitrogens with one attached hydrogen (secondary N) is 2. The second kappa shape index (κ2) is 9.95. The van der Waals surface area contributed by atoms with E-state index in [1.54, 1.807) is 30.8 Å². The maximum Gasteiger partial charge on any atom is 0.243 e. The summed E-state index contributed by atoms with van der Waals surface area (Å²) < 4.78 is 0. The Hall–Kier alpha value is -0.910. The highest BCUT2D eigenvalue weighted by Crippen LogP contribution is 2.02. The van der Waals surface area contributed by atoms with E-state index in [0.717, 1.165) is 13.0 Å². The van der Waals surface area contributed by atoms with Crippen molar-refractivity contribution in [3.05, 3.63) is 0 Å². The molecule has 0 spiro atoms. The Morgan fingerprint density at radius 3 is 2.47 bits per heavy atom. The quantitative estimate of drug-likeness (QED) is 0.545. The van der Waals surface area contributed by atoms with Gasteiger partial charge in [-0.05, 0) is 19.6 Å². The highest BCUT2D eigenvalue weighted by Gasteiger charge is 2.08. The van der Waals surface area contributed by atoms with Crippen LogP contribution in [0.1, 0.15) is 27.2 Å². The van der Waals surface area contributed by atoms with E-state index in [4.69, 9.17) is 0 Å². The summed E-state index contributed by atoms with van der Waals surface area (Å²) in [5.41, 5.74) is 0. The van der Waals surface area contributed by atoms with Crippen LogP contribution in [-0.2, 0) is 4.79 Å². The molecule has 2 unspecified atom stereocenters. The fraction of sp³-hybridized carbons (Fsp3) is 0.846. The number of thioether (sulfide) groups is 1. The minimum atomic E-state index is 0.00293. The fourth-order valence-corrected chi connectivity index (χ4v) is 1.35. The second-order valence-electron chi connectivity index (χ2n) is 4.83. The summed E-state index contributed by atoms with van der Waals surface area (Å²) in [6.45, 7) is 7.38. The molecule has 0 aliphatic carbocycles. The van der Waals surface area contributed by atoms with Crippen LogP contribution >= 0.6 is 11.8 Å². The first-order valence-corrected chi connectivity index (χ1v) is 7.97. The molecule has 0 saturated heterocycles. The molecular weight excluding hydrogens is 260 g/mol. The van der Waals surface area contributed by atoms with Crippen molar-refractivity contribution in [2.24, 2.45) is 4.99 Å². The third-order valence-electron chi connectivity index (χ3n) is 2.83. The van der Waals surface area contributed by atoms with Gasteiger partial charge >= 0.3 is 0 Å². The number of guanidine groups is 1. The molecule has 0 rings (SSSR count). The van der Waals surface area contributed by atoms with Crippen molar-refractivity contribution in [2.45, 2.75) is 38.5 Å². The molecule has 0 fully saturated rings. The molecule has 0 bridgehead atoms. The number of amides is 1. The van der Waals surface area contributed by atoms with Gasteiger partial charge in [0.25, 0.3) is 0 Å². The van der Waals surface area contributed by atoms with E-state index in [0.29, 0.717) is 17.3 Å². The number of carbonyl (C=O) groups excluding carboxylic acids is 1. The van der Waals surface area contributed by atoms with Gasteiger partial charge in [-0.25, -0.2) is 4.99 Å². The molecule has 5 nitrogen and oxygen atoms in total. The van der Waals surface area contributed by atoms with E-state index in [1.807, 2.05) is 0 Å². The van der Waals surface area contributed by atoms with Crippen LogP contribution in [0, 0.1) is 0 Å². The number of hydrogen-bond acceptors (Lipinski definition) is 3. The number of aliphatic imine (C=N–C) groups is 1. The molecule has 0 aliphatic heterocycles. The molecule has 19 heavy (non-hydrogen) atoms. The Morgan fingerprint density at radius 2 is 2.00 bits per heavy atom. The van der Waals surface area contributed by atoms with Gasteiger partial charge in [-0.2, -0.15) is 11.8 Å². The third kappa shape index (κ3) is 8.75. The van der Waals surface area contributed by atoms with E-state index < -0.39 is 0 Å². The number of likely N-dealkylation sites (N-methyl/N-ethyl adjacent to an activating group) is 1. The average molecular weight is 288 g/mol. The lowest BCUT2D eigenvalue weighted by molar-refractivity contribution is -0.127. The lowest BCUT2D eigenvalue weighted by atomic mass is 10.3. The Morgan fingerprint density at radius 1 is 1.37 bits per heavy atom. The molecule has 6 heteroatoms. The first kappa shape index (κ1) is 18.1. The van der Waals surface area contributed by atoms with Crippen molar-refractivity contribution in [1.82, 2.24) is 15.5 Å². The van der Waals surface area contributed by atoms with Crippen molar-refractivity contribution in [3.8, 4) is 0 Å². The van der Waals surface area contributed by atoms with Crippen LogP contribution < -0.4 is 10.6 Å². The highest BCUT2D eigenvalue weighted by molar-refractivity contribution is 7.99.